The van der Waals surface area contributed by atoms with Crippen LogP contribution in [-0.2, 0) is 0 Å². The van der Waals surface area contributed by atoms with Gasteiger partial charge in [0.2, 0.25) is 0 Å². The molecular formula is C21H19BrN4O2. The molecule has 1 aromatic heterocycles. The molecule has 1 amide bonds. The van der Waals surface area contributed by atoms with E-state index >= 15 is 0 Å². The van der Waals surface area contributed by atoms with Gasteiger partial charge in [0.25, 0.3) is 5.91 Å². The van der Waals surface area contributed by atoms with E-state index in [2.05, 4.69) is 36.7 Å². The van der Waals surface area contributed by atoms with Crippen molar-refractivity contribution in [2.24, 2.45) is 5.10 Å². The summed E-state index contributed by atoms with van der Waals surface area (Å²) < 4.78 is 6.34. The lowest BCUT2D eigenvalue weighted by molar-refractivity contribution is 0.0950. The number of benzene rings is 2. The lowest BCUT2D eigenvalue weighted by Crippen LogP contribution is -2.17. The van der Waals surface area contributed by atoms with Gasteiger partial charge in [-0.1, -0.05) is 42.5 Å². The quantitative estimate of drug-likeness (QED) is 0.416. The number of aromatic amines is 1. The van der Waals surface area contributed by atoms with Crippen molar-refractivity contribution in [3.05, 3.63) is 76.4 Å². The summed E-state index contributed by atoms with van der Waals surface area (Å²) in [7, 11) is 0. The lowest BCUT2D eigenvalue weighted by Gasteiger charge is -2.07. The Kier molecular flexibility index (Phi) is 6.75. The number of nitrogens with one attached hydrogen (secondary N) is 2. The van der Waals surface area contributed by atoms with E-state index in [4.69, 9.17) is 4.74 Å². The van der Waals surface area contributed by atoms with Crippen molar-refractivity contribution in [3.8, 4) is 17.0 Å². The largest absolute Gasteiger partial charge is 0.493 e. The normalized spacial score (nSPS) is 11.6. The number of amides is 1. The monoisotopic (exact) mass is 438 g/mol. The molecule has 0 atom stereocenters. The standard InChI is InChI=1S/C21H19BrN4O2/c1-2-28-20-11-7-6-10-17(20)18-13-19(25-24-18)21(27)26-23-14-16(22)12-15-8-4-3-5-9-15/h3-14H,2H2,1H3,(H,24,25)(H,26,27). The summed E-state index contributed by atoms with van der Waals surface area (Å²) >= 11 is 3.40. The predicted octanol–water partition coefficient (Wildman–Crippen LogP) is 4.63. The highest BCUT2D eigenvalue weighted by Gasteiger charge is 2.13. The molecule has 0 fully saturated rings. The predicted molar refractivity (Wildman–Crippen MR) is 114 cm³/mol. The van der Waals surface area contributed by atoms with Crippen LogP contribution in [0.3, 0.4) is 0 Å². The SMILES string of the molecule is CCOc1ccccc1-c1cc(C(=O)NN=CC(Br)=Cc2ccccc2)[nH]n1. The lowest BCUT2D eigenvalue weighted by atomic mass is 10.1. The number of hydrazone groups is 1. The molecule has 6 nitrogen and oxygen atoms in total. The minimum Gasteiger partial charge on any atom is -0.493 e. The van der Waals surface area contributed by atoms with Crippen LogP contribution in [0.5, 0.6) is 5.75 Å². The second-order valence-electron chi connectivity index (χ2n) is 5.74. The molecule has 0 aliphatic carbocycles. The van der Waals surface area contributed by atoms with Crippen LogP contribution >= 0.6 is 15.9 Å². The number of ether oxygens (including phenoxy) is 1. The summed E-state index contributed by atoms with van der Waals surface area (Å²) in [5, 5.41) is 10.9. The maximum Gasteiger partial charge on any atom is 0.289 e. The molecule has 3 aromatic rings. The Morgan fingerprint density at radius 3 is 2.75 bits per heavy atom. The second kappa shape index (κ2) is 9.66. The average Bonchev–Trinajstić information content (AvgIpc) is 3.19. The first-order chi connectivity index (χ1) is 13.7. The van der Waals surface area contributed by atoms with Crippen molar-refractivity contribution in [1.82, 2.24) is 15.6 Å². The zero-order valence-corrected chi connectivity index (χ0v) is 16.8. The number of aromatic nitrogens is 2. The van der Waals surface area contributed by atoms with Crippen molar-refractivity contribution in [2.45, 2.75) is 6.92 Å². The van der Waals surface area contributed by atoms with Crippen LogP contribution in [0.2, 0.25) is 0 Å². The fourth-order valence-electron chi connectivity index (χ4n) is 2.49. The highest BCUT2D eigenvalue weighted by atomic mass is 79.9. The molecular weight excluding hydrogens is 420 g/mol. The molecule has 0 aliphatic rings. The molecule has 0 saturated heterocycles. The molecule has 2 N–H and O–H groups in total. The van der Waals surface area contributed by atoms with Gasteiger partial charge in [-0.05, 0) is 52.7 Å². The van der Waals surface area contributed by atoms with E-state index in [0.717, 1.165) is 21.4 Å². The Morgan fingerprint density at radius 2 is 1.96 bits per heavy atom. The molecule has 0 saturated carbocycles. The number of hydrogen-bond donors (Lipinski definition) is 2. The van der Waals surface area contributed by atoms with Gasteiger partial charge in [0.15, 0.2) is 0 Å². The zero-order valence-electron chi connectivity index (χ0n) is 15.2. The minimum atomic E-state index is -0.385. The molecule has 2 aromatic carbocycles. The van der Waals surface area contributed by atoms with Crippen LogP contribution in [-0.4, -0.2) is 28.9 Å². The zero-order chi connectivity index (χ0) is 19.8. The van der Waals surface area contributed by atoms with E-state index in [9.17, 15) is 4.79 Å². The molecule has 0 spiro atoms. The number of nitrogens with zero attached hydrogens (tertiary/aromatic N) is 2. The maximum absolute atomic E-state index is 12.3. The van der Waals surface area contributed by atoms with E-state index in [1.165, 1.54) is 6.21 Å². The second-order valence-corrected chi connectivity index (χ2v) is 6.65. The van der Waals surface area contributed by atoms with E-state index in [1.807, 2.05) is 67.6 Å². The smallest absolute Gasteiger partial charge is 0.289 e. The highest BCUT2D eigenvalue weighted by molar-refractivity contribution is 9.12. The highest BCUT2D eigenvalue weighted by Crippen LogP contribution is 2.28. The van der Waals surface area contributed by atoms with Crippen LogP contribution in [0.4, 0.5) is 0 Å². The summed E-state index contributed by atoms with van der Waals surface area (Å²) in [4.78, 5) is 12.3. The van der Waals surface area contributed by atoms with E-state index in [-0.39, 0.29) is 5.91 Å². The third-order valence-electron chi connectivity index (χ3n) is 3.74. The summed E-state index contributed by atoms with van der Waals surface area (Å²) in [6, 6.07) is 19.0. The van der Waals surface area contributed by atoms with Crippen molar-refractivity contribution < 1.29 is 9.53 Å². The first kappa shape index (κ1) is 19.6. The van der Waals surface area contributed by atoms with Crippen LogP contribution in [0.1, 0.15) is 23.0 Å². The van der Waals surface area contributed by atoms with Crippen molar-refractivity contribution in [1.29, 1.82) is 0 Å². The number of hydrogen-bond acceptors (Lipinski definition) is 4. The summed E-state index contributed by atoms with van der Waals surface area (Å²) in [5.41, 5.74) is 5.26. The third-order valence-corrected chi connectivity index (χ3v) is 4.18. The van der Waals surface area contributed by atoms with E-state index in [1.54, 1.807) is 6.07 Å². The molecule has 7 heteroatoms. The Bertz CT molecular complexity index is 996. The fourth-order valence-corrected chi connectivity index (χ4v) is 2.86. The molecule has 142 valence electrons. The van der Waals surface area contributed by atoms with Gasteiger partial charge in [0, 0.05) is 10.0 Å². The Labute approximate surface area is 171 Å². The third kappa shape index (κ3) is 5.17. The number of carbonyl (C=O) groups is 1. The number of allylic oxidation sites excluding steroid dienone is 1. The molecule has 0 aliphatic heterocycles. The maximum atomic E-state index is 12.3. The van der Waals surface area contributed by atoms with Gasteiger partial charge in [-0.25, -0.2) is 5.43 Å². The van der Waals surface area contributed by atoms with Crippen molar-refractivity contribution >= 4 is 34.1 Å². The number of carbonyl (C=O) groups excluding carboxylic acids is 1. The number of para-hydroxylation sites is 1. The van der Waals surface area contributed by atoms with Crippen LogP contribution in [0, 0.1) is 0 Å². The fraction of sp³-hybridized carbons (Fsp3) is 0.0952. The van der Waals surface area contributed by atoms with Gasteiger partial charge in [-0.15, -0.1) is 0 Å². The number of halogens is 1. The van der Waals surface area contributed by atoms with Gasteiger partial charge in [0.1, 0.15) is 11.4 Å². The number of rotatable bonds is 7. The van der Waals surface area contributed by atoms with Gasteiger partial charge in [0.05, 0.1) is 18.5 Å². The molecule has 1 heterocycles. The Hall–Kier alpha value is -3.19. The summed E-state index contributed by atoms with van der Waals surface area (Å²) in [6.45, 7) is 2.47. The van der Waals surface area contributed by atoms with E-state index in [0.29, 0.717) is 18.0 Å². The molecule has 0 radical (unpaired) electrons. The first-order valence-corrected chi connectivity index (χ1v) is 9.50. The first-order valence-electron chi connectivity index (χ1n) is 8.70. The number of H-pyrrole nitrogens is 1. The topological polar surface area (TPSA) is 79.4 Å². The van der Waals surface area contributed by atoms with E-state index < -0.39 is 0 Å². The van der Waals surface area contributed by atoms with Crippen LogP contribution < -0.4 is 10.2 Å². The molecule has 0 bridgehead atoms. The van der Waals surface area contributed by atoms with Crippen LogP contribution in [0.15, 0.2) is 70.2 Å². The van der Waals surface area contributed by atoms with Gasteiger partial charge < -0.3 is 4.74 Å². The Morgan fingerprint density at radius 1 is 1.21 bits per heavy atom. The molecule has 3 rings (SSSR count). The Balaban J connectivity index is 1.66. The van der Waals surface area contributed by atoms with Gasteiger partial charge in [-0.3, -0.25) is 9.89 Å². The molecule has 28 heavy (non-hydrogen) atoms. The van der Waals surface area contributed by atoms with Crippen molar-refractivity contribution in [2.75, 3.05) is 6.61 Å². The van der Waals surface area contributed by atoms with Crippen molar-refractivity contribution in [3.63, 3.8) is 0 Å². The summed E-state index contributed by atoms with van der Waals surface area (Å²) in [5.74, 6) is 0.334. The average molecular weight is 439 g/mol. The van der Waals surface area contributed by atoms with Gasteiger partial charge in [-0.2, -0.15) is 10.2 Å². The summed E-state index contributed by atoms with van der Waals surface area (Å²) in [6.07, 6.45) is 3.42. The van der Waals surface area contributed by atoms with Gasteiger partial charge >= 0.3 is 0 Å². The minimum absolute atomic E-state index is 0.307. The molecule has 0 unspecified atom stereocenters. The van der Waals surface area contributed by atoms with Crippen LogP contribution in [0.25, 0.3) is 17.3 Å².